The van der Waals surface area contributed by atoms with Crippen molar-refractivity contribution in [3.63, 3.8) is 0 Å². The molecule has 3 heterocycles. The molecule has 0 saturated carbocycles. The summed E-state index contributed by atoms with van der Waals surface area (Å²) in [5, 5.41) is 4.30. The van der Waals surface area contributed by atoms with Crippen molar-refractivity contribution in [3.8, 4) is 10.6 Å². The zero-order valence-corrected chi connectivity index (χ0v) is 16.8. The first-order valence-corrected chi connectivity index (χ1v) is 10.2. The van der Waals surface area contributed by atoms with Gasteiger partial charge in [0.05, 0.1) is 5.56 Å². The number of rotatable bonds is 4. The number of aromatic amines is 1. The van der Waals surface area contributed by atoms with Crippen molar-refractivity contribution in [1.82, 2.24) is 15.0 Å². The number of aromatic nitrogens is 3. The maximum atomic E-state index is 12.8. The van der Waals surface area contributed by atoms with E-state index < -0.39 is 11.7 Å². The van der Waals surface area contributed by atoms with E-state index in [-0.39, 0.29) is 0 Å². The Morgan fingerprint density at radius 2 is 1.93 bits per heavy atom. The molecule has 0 aliphatic rings. The summed E-state index contributed by atoms with van der Waals surface area (Å²) in [5.74, 6) is -1.26. The Morgan fingerprint density at radius 1 is 1.07 bits per heavy atom. The van der Waals surface area contributed by atoms with Crippen molar-refractivity contribution >= 4 is 50.0 Å². The Hall–Kier alpha value is -3.84. The number of fused-ring (bicyclic) bond motifs is 2. The lowest BCUT2D eigenvalue weighted by Gasteiger charge is -2.09. The molecule has 0 unspecified atom stereocenters. The fraction of sp³-hybridized carbons (Fsp3) is 0.0435. The topological polar surface area (TPSA) is 87.7 Å². The Morgan fingerprint density at radius 3 is 2.80 bits per heavy atom. The second-order valence-electron chi connectivity index (χ2n) is 6.91. The number of H-pyrrole nitrogens is 1. The Kier molecular flexibility index (Phi) is 4.37. The van der Waals surface area contributed by atoms with E-state index in [1.54, 1.807) is 12.4 Å². The fourth-order valence-corrected chi connectivity index (χ4v) is 4.25. The number of para-hydroxylation sites is 1. The lowest BCUT2D eigenvalue weighted by molar-refractivity contribution is -0.112. The Bertz CT molecular complexity index is 1400. The molecule has 2 N–H and O–H groups in total. The molecule has 0 bridgehead atoms. The molecule has 2 aromatic carbocycles. The van der Waals surface area contributed by atoms with Gasteiger partial charge in [0.15, 0.2) is 0 Å². The molecule has 6 nitrogen and oxygen atoms in total. The van der Waals surface area contributed by atoms with Crippen molar-refractivity contribution < 1.29 is 9.59 Å². The third kappa shape index (κ3) is 3.15. The van der Waals surface area contributed by atoms with E-state index >= 15 is 0 Å². The van der Waals surface area contributed by atoms with Crippen LogP contribution in [0.1, 0.15) is 15.9 Å². The summed E-state index contributed by atoms with van der Waals surface area (Å²) in [4.78, 5) is 38.3. The van der Waals surface area contributed by atoms with Crippen LogP contribution in [0, 0.1) is 6.92 Å². The summed E-state index contributed by atoms with van der Waals surface area (Å²) in [7, 11) is 0. The molecule has 0 atom stereocenters. The highest BCUT2D eigenvalue weighted by Crippen LogP contribution is 2.31. The van der Waals surface area contributed by atoms with Gasteiger partial charge in [-0.1, -0.05) is 41.7 Å². The van der Waals surface area contributed by atoms with Crippen LogP contribution in [-0.4, -0.2) is 26.6 Å². The Balaban J connectivity index is 1.45. The van der Waals surface area contributed by atoms with Gasteiger partial charge in [-0.15, -0.1) is 0 Å². The minimum atomic E-state index is -0.675. The number of Topliss-reactive ketones (excluding diaryl/α,β-unsaturated/α-hetero) is 1. The summed E-state index contributed by atoms with van der Waals surface area (Å²) in [5.41, 5.74) is 4.30. The number of hydrogen-bond acceptors (Lipinski definition) is 5. The third-order valence-electron chi connectivity index (χ3n) is 4.94. The average molecular weight is 412 g/mol. The third-order valence-corrected chi connectivity index (χ3v) is 5.97. The first-order chi connectivity index (χ1) is 14.6. The second-order valence-corrected chi connectivity index (χ2v) is 7.89. The smallest absolute Gasteiger partial charge is 0.296 e. The molecule has 5 rings (SSSR count). The van der Waals surface area contributed by atoms with E-state index in [2.05, 4.69) is 20.3 Å². The van der Waals surface area contributed by atoms with Crippen LogP contribution < -0.4 is 5.32 Å². The lowest BCUT2D eigenvalue weighted by Crippen LogP contribution is -2.23. The zero-order valence-electron chi connectivity index (χ0n) is 16.0. The number of anilines is 1. The van der Waals surface area contributed by atoms with E-state index in [0.717, 1.165) is 37.4 Å². The van der Waals surface area contributed by atoms with Crippen molar-refractivity contribution in [2.45, 2.75) is 6.92 Å². The molecule has 0 spiro atoms. The van der Waals surface area contributed by atoms with Crippen LogP contribution in [0.25, 0.3) is 31.8 Å². The normalized spacial score (nSPS) is 11.1. The highest BCUT2D eigenvalue weighted by Gasteiger charge is 2.21. The molecular formula is C23H16N4O2S. The number of benzene rings is 2. The zero-order chi connectivity index (χ0) is 20.7. The number of carbonyl (C=O) groups is 2. The van der Waals surface area contributed by atoms with Crippen molar-refractivity contribution in [1.29, 1.82) is 0 Å². The molecule has 5 aromatic rings. The van der Waals surface area contributed by atoms with Crippen LogP contribution in [0.2, 0.25) is 0 Å². The number of thiazole rings is 1. The highest BCUT2D eigenvalue weighted by molar-refractivity contribution is 7.21. The molecule has 7 heteroatoms. The Labute approximate surface area is 175 Å². The number of nitrogens with one attached hydrogen (secondary N) is 2. The molecule has 0 aliphatic carbocycles. The summed E-state index contributed by atoms with van der Waals surface area (Å²) < 4.78 is 0. The summed E-state index contributed by atoms with van der Waals surface area (Å²) in [6.45, 7) is 1.88. The van der Waals surface area contributed by atoms with E-state index in [1.165, 1.54) is 11.3 Å². The van der Waals surface area contributed by atoms with Crippen molar-refractivity contribution in [2.24, 2.45) is 0 Å². The van der Waals surface area contributed by atoms with Crippen LogP contribution in [-0.2, 0) is 4.79 Å². The van der Waals surface area contributed by atoms with Crippen molar-refractivity contribution in [2.75, 3.05) is 5.32 Å². The molecule has 0 saturated heterocycles. The van der Waals surface area contributed by atoms with Gasteiger partial charge in [-0.3, -0.25) is 9.59 Å². The lowest BCUT2D eigenvalue weighted by atomic mass is 10.1. The van der Waals surface area contributed by atoms with Gasteiger partial charge in [0.1, 0.15) is 15.4 Å². The van der Waals surface area contributed by atoms with E-state index in [4.69, 9.17) is 0 Å². The number of ketones is 1. The van der Waals surface area contributed by atoms with Crippen LogP contribution in [0.5, 0.6) is 0 Å². The van der Waals surface area contributed by atoms with Crippen LogP contribution in [0.3, 0.4) is 0 Å². The van der Waals surface area contributed by atoms with Gasteiger partial charge >= 0.3 is 0 Å². The predicted molar refractivity (Wildman–Crippen MR) is 119 cm³/mol. The molecular weight excluding hydrogens is 396 g/mol. The number of nitrogens with zero attached hydrogens (tertiary/aromatic N) is 2. The summed E-state index contributed by atoms with van der Waals surface area (Å²) in [6, 6.07) is 16.9. The minimum absolute atomic E-state index is 0.356. The number of carbonyl (C=O) groups excluding carboxylic acids is 2. The van der Waals surface area contributed by atoms with E-state index in [9.17, 15) is 9.59 Å². The molecule has 30 heavy (non-hydrogen) atoms. The van der Waals surface area contributed by atoms with Gasteiger partial charge in [-0.05, 0) is 36.8 Å². The molecule has 146 valence electrons. The first kappa shape index (κ1) is 18.2. The van der Waals surface area contributed by atoms with Gasteiger partial charge in [0.25, 0.3) is 11.7 Å². The van der Waals surface area contributed by atoms with Gasteiger partial charge in [0, 0.05) is 34.5 Å². The number of aryl methyl sites for hydroxylation is 1. The average Bonchev–Trinajstić information content (AvgIpc) is 3.39. The largest absolute Gasteiger partial charge is 0.360 e. The van der Waals surface area contributed by atoms with Gasteiger partial charge < -0.3 is 10.3 Å². The van der Waals surface area contributed by atoms with Gasteiger partial charge in [-0.2, -0.15) is 0 Å². The maximum Gasteiger partial charge on any atom is 0.296 e. The van der Waals surface area contributed by atoms with E-state index in [0.29, 0.717) is 11.3 Å². The second kappa shape index (κ2) is 7.20. The monoisotopic (exact) mass is 412 g/mol. The number of amides is 1. The quantitative estimate of drug-likeness (QED) is 0.322. The van der Waals surface area contributed by atoms with Gasteiger partial charge in [-0.25, -0.2) is 9.97 Å². The molecule has 0 fully saturated rings. The highest BCUT2D eigenvalue weighted by atomic mass is 32.1. The van der Waals surface area contributed by atoms with E-state index in [1.807, 2.05) is 61.5 Å². The summed E-state index contributed by atoms with van der Waals surface area (Å²) >= 11 is 1.48. The van der Waals surface area contributed by atoms with Crippen LogP contribution >= 0.6 is 11.3 Å². The summed E-state index contributed by atoms with van der Waals surface area (Å²) in [6.07, 6.45) is 3.31. The minimum Gasteiger partial charge on any atom is -0.360 e. The number of hydrogen-bond donors (Lipinski definition) is 2. The first-order valence-electron chi connectivity index (χ1n) is 9.34. The fourth-order valence-electron chi connectivity index (χ4n) is 3.34. The van der Waals surface area contributed by atoms with Crippen LogP contribution in [0.4, 0.5) is 5.69 Å². The van der Waals surface area contributed by atoms with Gasteiger partial charge in [0.2, 0.25) is 0 Å². The molecule has 3 aromatic heterocycles. The van der Waals surface area contributed by atoms with Crippen molar-refractivity contribution in [3.05, 3.63) is 78.1 Å². The SMILES string of the molecule is Cc1ccc(-c2nc3cccnc3s2)cc1NC(=O)C(=O)c1c[nH]c2ccccc12. The number of pyridine rings is 1. The van der Waals surface area contributed by atoms with Crippen LogP contribution in [0.15, 0.2) is 67.0 Å². The maximum absolute atomic E-state index is 12.8. The molecule has 0 radical (unpaired) electrons. The molecule has 0 aliphatic heterocycles. The molecule has 1 amide bonds. The standard InChI is InChI=1S/C23H16N4O2S/c1-13-8-9-14(22-27-18-7-4-10-24-23(18)30-22)11-19(13)26-21(29)20(28)16-12-25-17-6-3-2-5-15(16)17/h2-12,25H,1H3,(H,26,29). The predicted octanol–water partition coefficient (Wildman–Crippen LogP) is 4.97.